The molecule has 1 aliphatic heterocycles. The third kappa shape index (κ3) is 3.70. The van der Waals surface area contributed by atoms with Gasteiger partial charge in [-0.25, -0.2) is 0 Å². The highest BCUT2D eigenvalue weighted by Crippen LogP contribution is 2.23. The number of hydrogen-bond donors (Lipinski definition) is 1. The van der Waals surface area contributed by atoms with Crippen LogP contribution in [0.2, 0.25) is 0 Å². The predicted octanol–water partition coefficient (Wildman–Crippen LogP) is 3.13. The van der Waals surface area contributed by atoms with E-state index < -0.39 is 0 Å². The summed E-state index contributed by atoms with van der Waals surface area (Å²) in [5, 5.41) is 3.19. The van der Waals surface area contributed by atoms with Crippen molar-refractivity contribution in [2.24, 2.45) is 5.92 Å². The first kappa shape index (κ1) is 15.5. The number of benzene rings is 1. The lowest BCUT2D eigenvalue weighted by Gasteiger charge is -2.33. The number of nitrogens with zero attached hydrogens (tertiary/aromatic N) is 1. The Kier molecular flexibility index (Phi) is 5.14. The smallest absolute Gasteiger partial charge is 0.237 e. The van der Waals surface area contributed by atoms with Gasteiger partial charge in [0.05, 0.1) is 6.04 Å². The Morgan fingerprint density at radius 2 is 1.95 bits per heavy atom. The molecule has 1 saturated carbocycles. The van der Waals surface area contributed by atoms with Crippen LogP contribution >= 0.6 is 0 Å². The number of fused-ring (bicyclic) bond motifs is 1. The van der Waals surface area contributed by atoms with Crippen molar-refractivity contribution in [3.8, 4) is 0 Å². The van der Waals surface area contributed by atoms with Crippen LogP contribution in [0.3, 0.4) is 0 Å². The summed E-state index contributed by atoms with van der Waals surface area (Å²) in [4.78, 5) is 14.7. The van der Waals surface area contributed by atoms with Crippen LogP contribution in [0.4, 0.5) is 0 Å². The molecular weight excluding hydrogens is 272 g/mol. The molecule has 1 atom stereocenters. The molecule has 1 aromatic rings. The Bertz CT molecular complexity index is 508. The third-order valence-corrected chi connectivity index (χ3v) is 5.38. The van der Waals surface area contributed by atoms with Crippen LogP contribution < -0.4 is 5.32 Å². The van der Waals surface area contributed by atoms with E-state index in [2.05, 4.69) is 34.5 Å². The summed E-state index contributed by atoms with van der Waals surface area (Å²) in [5.74, 6) is 0.900. The minimum Gasteiger partial charge on any atom is -0.354 e. The van der Waals surface area contributed by atoms with Gasteiger partial charge >= 0.3 is 0 Å². The first-order valence-corrected chi connectivity index (χ1v) is 8.82. The Hall–Kier alpha value is -1.35. The summed E-state index contributed by atoms with van der Waals surface area (Å²) in [6, 6.07) is 8.57. The average molecular weight is 300 g/mol. The number of rotatable bonds is 4. The van der Waals surface area contributed by atoms with E-state index >= 15 is 0 Å². The molecule has 2 aliphatic rings. The lowest BCUT2D eigenvalue weighted by molar-refractivity contribution is -0.126. The molecule has 3 rings (SSSR count). The number of nitrogens with one attached hydrogen (secondary N) is 1. The van der Waals surface area contributed by atoms with E-state index in [1.807, 2.05) is 6.92 Å². The molecule has 1 unspecified atom stereocenters. The highest BCUT2D eigenvalue weighted by molar-refractivity contribution is 5.81. The molecule has 0 aromatic heterocycles. The average Bonchev–Trinajstić information content (AvgIpc) is 2.59. The molecule has 0 radical (unpaired) electrons. The maximum Gasteiger partial charge on any atom is 0.237 e. The van der Waals surface area contributed by atoms with Gasteiger partial charge in [-0.05, 0) is 43.2 Å². The van der Waals surface area contributed by atoms with Crippen molar-refractivity contribution in [1.82, 2.24) is 10.2 Å². The van der Waals surface area contributed by atoms with Gasteiger partial charge in [0.2, 0.25) is 5.91 Å². The topological polar surface area (TPSA) is 32.3 Å². The molecule has 0 spiro atoms. The standard InChI is InChI=1S/C19H28N2O/c1-15(19(22)20-13-16-7-3-2-4-8-16)21-12-11-17-9-5-6-10-18(17)14-21/h5-6,9-10,15-16H,2-4,7-8,11-14H2,1H3,(H,20,22). The zero-order valence-electron chi connectivity index (χ0n) is 13.7. The van der Waals surface area contributed by atoms with Crippen molar-refractivity contribution in [3.05, 3.63) is 35.4 Å². The Morgan fingerprint density at radius 1 is 1.23 bits per heavy atom. The Labute approximate surface area is 134 Å². The summed E-state index contributed by atoms with van der Waals surface area (Å²) < 4.78 is 0. The second kappa shape index (κ2) is 7.28. The predicted molar refractivity (Wildman–Crippen MR) is 89.6 cm³/mol. The maximum absolute atomic E-state index is 12.4. The first-order chi connectivity index (χ1) is 10.7. The number of carbonyl (C=O) groups is 1. The molecule has 1 fully saturated rings. The molecule has 22 heavy (non-hydrogen) atoms. The van der Waals surface area contributed by atoms with Crippen molar-refractivity contribution in [2.75, 3.05) is 13.1 Å². The van der Waals surface area contributed by atoms with Gasteiger partial charge in [0.25, 0.3) is 0 Å². The minimum absolute atomic E-state index is 0.0306. The van der Waals surface area contributed by atoms with Gasteiger partial charge in [0.15, 0.2) is 0 Å². The second-order valence-corrected chi connectivity index (χ2v) is 6.91. The minimum atomic E-state index is -0.0306. The van der Waals surface area contributed by atoms with Crippen molar-refractivity contribution >= 4 is 5.91 Å². The van der Waals surface area contributed by atoms with Gasteiger partial charge in [-0.2, -0.15) is 0 Å². The van der Waals surface area contributed by atoms with Crippen LogP contribution in [-0.2, 0) is 17.8 Å². The molecule has 1 heterocycles. The van der Waals surface area contributed by atoms with E-state index in [1.54, 1.807) is 0 Å². The molecule has 3 nitrogen and oxygen atoms in total. The van der Waals surface area contributed by atoms with Gasteiger partial charge in [-0.15, -0.1) is 0 Å². The summed E-state index contributed by atoms with van der Waals surface area (Å²) in [6.45, 7) is 4.79. The van der Waals surface area contributed by atoms with Crippen LogP contribution in [0.25, 0.3) is 0 Å². The van der Waals surface area contributed by atoms with Crippen LogP contribution in [0, 0.1) is 5.92 Å². The molecule has 120 valence electrons. The fourth-order valence-corrected chi connectivity index (χ4v) is 3.80. The zero-order chi connectivity index (χ0) is 15.4. The third-order valence-electron chi connectivity index (χ3n) is 5.38. The van der Waals surface area contributed by atoms with Gasteiger partial charge in [0.1, 0.15) is 0 Å². The quantitative estimate of drug-likeness (QED) is 0.926. The van der Waals surface area contributed by atoms with Crippen molar-refractivity contribution in [2.45, 2.75) is 58.0 Å². The summed E-state index contributed by atoms with van der Waals surface area (Å²) in [6.07, 6.45) is 7.65. The summed E-state index contributed by atoms with van der Waals surface area (Å²) >= 11 is 0. The van der Waals surface area contributed by atoms with Crippen molar-refractivity contribution < 1.29 is 4.79 Å². The van der Waals surface area contributed by atoms with E-state index in [0.717, 1.165) is 26.1 Å². The van der Waals surface area contributed by atoms with Gasteiger partial charge in [-0.3, -0.25) is 9.69 Å². The van der Waals surface area contributed by atoms with E-state index in [9.17, 15) is 4.79 Å². The molecule has 1 aromatic carbocycles. The first-order valence-electron chi connectivity index (χ1n) is 8.82. The van der Waals surface area contributed by atoms with Crippen molar-refractivity contribution in [3.63, 3.8) is 0 Å². The summed E-state index contributed by atoms with van der Waals surface area (Å²) in [5.41, 5.74) is 2.81. The van der Waals surface area contributed by atoms with E-state index in [1.165, 1.54) is 43.2 Å². The lowest BCUT2D eigenvalue weighted by Crippen LogP contribution is -2.48. The SMILES string of the molecule is CC(C(=O)NCC1CCCCC1)N1CCc2ccccc2C1. The van der Waals surface area contributed by atoms with Crippen LogP contribution in [0.1, 0.15) is 50.2 Å². The second-order valence-electron chi connectivity index (χ2n) is 6.91. The fraction of sp³-hybridized carbons (Fsp3) is 0.632. The van der Waals surface area contributed by atoms with E-state index in [0.29, 0.717) is 5.92 Å². The van der Waals surface area contributed by atoms with Crippen LogP contribution in [-0.4, -0.2) is 29.9 Å². The molecule has 1 amide bonds. The van der Waals surface area contributed by atoms with Gasteiger partial charge in [0, 0.05) is 19.6 Å². The largest absolute Gasteiger partial charge is 0.354 e. The zero-order valence-corrected chi connectivity index (χ0v) is 13.7. The van der Waals surface area contributed by atoms with Crippen LogP contribution in [0.5, 0.6) is 0 Å². The monoisotopic (exact) mass is 300 g/mol. The molecule has 3 heteroatoms. The van der Waals surface area contributed by atoms with Gasteiger partial charge < -0.3 is 5.32 Å². The molecule has 0 bridgehead atoms. The maximum atomic E-state index is 12.4. The normalized spacial score (nSPS) is 21.1. The van der Waals surface area contributed by atoms with E-state index in [4.69, 9.17) is 0 Å². The number of carbonyl (C=O) groups excluding carboxylic acids is 1. The fourth-order valence-electron chi connectivity index (χ4n) is 3.80. The van der Waals surface area contributed by atoms with Crippen molar-refractivity contribution in [1.29, 1.82) is 0 Å². The van der Waals surface area contributed by atoms with Crippen LogP contribution in [0.15, 0.2) is 24.3 Å². The number of hydrogen-bond acceptors (Lipinski definition) is 2. The van der Waals surface area contributed by atoms with E-state index in [-0.39, 0.29) is 11.9 Å². The highest BCUT2D eigenvalue weighted by Gasteiger charge is 2.25. The lowest BCUT2D eigenvalue weighted by atomic mass is 9.89. The molecule has 0 saturated heterocycles. The Balaban J connectivity index is 1.50. The molecular formula is C19H28N2O. The number of amides is 1. The summed E-state index contributed by atoms with van der Waals surface area (Å²) in [7, 11) is 0. The highest BCUT2D eigenvalue weighted by atomic mass is 16.2. The Morgan fingerprint density at radius 3 is 2.73 bits per heavy atom. The van der Waals surface area contributed by atoms with Gasteiger partial charge in [-0.1, -0.05) is 43.5 Å². The molecule has 1 N–H and O–H groups in total. The molecule has 1 aliphatic carbocycles.